The number of morpholine rings is 1. The lowest BCUT2D eigenvalue weighted by atomic mass is 10.1. The first-order valence-corrected chi connectivity index (χ1v) is 10.8. The van der Waals surface area contributed by atoms with Gasteiger partial charge in [-0.3, -0.25) is 9.59 Å². The molecular formula is C24H28N2O5. The van der Waals surface area contributed by atoms with E-state index in [1.807, 2.05) is 64.4 Å². The van der Waals surface area contributed by atoms with Crippen LogP contribution in [-0.2, 0) is 9.53 Å². The number of para-hydroxylation sites is 1. The Kier molecular flexibility index (Phi) is 7.04. The number of likely N-dealkylation sites (tertiary alicyclic amines) is 1. The number of nitrogens with zero attached hydrogens (tertiary/aromatic N) is 2. The molecule has 2 saturated heterocycles. The van der Waals surface area contributed by atoms with Crippen molar-refractivity contribution >= 4 is 11.8 Å². The quantitative estimate of drug-likeness (QED) is 0.713. The molecule has 0 N–H and O–H groups in total. The fourth-order valence-corrected chi connectivity index (χ4v) is 3.82. The van der Waals surface area contributed by atoms with Crippen LogP contribution in [0.5, 0.6) is 11.5 Å². The number of piperidine rings is 1. The van der Waals surface area contributed by atoms with Gasteiger partial charge in [-0.1, -0.05) is 24.3 Å². The van der Waals surface area contributed by atoms with Gasteiger partial charge in [0.25, 0.3) is 11.8 Å². The van der Waals surface area contributed by atoms with Crippen LogP contribution < -0.4 is 9.47 Å². The van der Waals surface area contributed by atoms with Crippen molar-refractivity contribution < 1.29 is 23.8 Å². The first-order chi connectivity index (χ1) is 15.2. The fraction of sp³-hybridized carbons (Fsp3) is 0.417. The maximum absolute atomic E-state index is 12.7. The second-order valence-corrected chi connectivity index (χ2v) is 7.73. The summed E-state index contributed by atoms with van der Waals surface area (Å²) in [5, 5.41) is 0. The van der Waals surface area contributed by atoms with Crippen LogP contribution in [0.3, 0.4) is 0 Å². The van der Waals surface area contributed by atoms with Gasteiger partial charge >= 0.3 is 0 Å². The lowest BCUT2D eigenvalue weighted by molar-refractivity contribution is -0.135. The van der Waals surface area contributed by atoms with Crippen LogP contribution in [0.2, 0.25) is 0 Å². The predicted molar refractivity (Wildman–Crippen MR) is 115 cm³/mol. The number of amides is 2. The van der Waals surface area contributed by atoms with Crippen molar-refractivity contribution in [3.05, 3.63) is 60.2 Å². The highest BCUT2D eigenvalue weighted by Gasteiger charge is 2.25. The minimum absolute atomic E-state index is 0.00702. The van der Waals surface area contributed by atoms with Crippen molar-refractivity contribution in [1.29, 1.82) is 0 Å². The van der Waals surface area contributed by atoms with Gasteiger partial charge in [0.15, 0.2) is 6.61 Å². The molecule has 2 aromatic carbocycles. The molecule has 2 fully saturated rings. The van der Waals surface area contributed by atoms with Gasteiger partial charge in [0.2, 0.25) is 0 Å². The Hall–Kier alpha value is -3.06. The zero-order chi connectivity index (χ0) is 21.5. The number of hydrogen-bond donors (Lipinski definition) is 0. The molecule has 4 rings (SSSR count). The van der Waals surface area contributed by atoms with Crippen LogP contribution >= 0.6 is 0 Å². The molecule has 0 atom stereocenters. The van der Waals surface area contributed by atoms with Crippen molar-refractivity contribution in [2.45, 2.75) is 18.9 Å². The van der Waals surface area contributed by atoms with Crippen molar-refractivity contribution in [2.75, 3.05) is 46.0 Å². The van der Waals surface area contributed by atoms with Gasteiger partial charge in [-0.15, -0.1) is 0 Å². The summed E-state index contributed by atoms with van der Waals surface area (Å²) in [4.78, 5) is 28.7. The van der Waals surface area contributed by atoms with E-state index in [0.29, 0.717) is 56.5 Å². The second-order valence-electron chi connectivity index (χ2n) is 7.73. The normalized spacial score (nSPS) is 17.3. The highest BCUT2D eigenvalue weighted by atomic mass is 16.5. The zero-order valence-corrected chi connectivity index (χ0v) is 17.6. The zero-order valence-electron chi connectivity index (χ0n) is 17.6. The summed E-state index contributed by atoms with van der Waals surface area (Å²) >= 11 is 0. The van der Waals surface area contributed by atoms with E-state index in [0.717, 1.165) is 12.8 Å². The summed E-state index contributed by atoms with van der Waals surface area (Å²) < 4.78 is 17.0. The summed E-state index contributed by atoms with van der Waals surface area (Å²) in [5.74, 6) is 1.38. The highest BCUT2D eigenvalue weighted by molar-refractivity contribution is 5.94. The average Bonchev–Trinajstić information content (AvgIpc) is 2.84. The summed E-state index contributed by atoms with van der Waals surface area (Å²) in [6, 6.07) is 16.7. The lowest BCUT2D eigenvalue weighted by Gasteiger charge is -2.32. The Balaban J connectivity index is 1.25. The largest absolute Gasteiger partial charge is 0.490 e. The van der Waals surface area contributed by atoms with Gasteiger partial charge in [-0.25, -0.2) is 0 Å². The number of hydrogen-bond acceptors (Lipinski definition) is 5. The van der Waals surface area contributed by atoms with Gasteiger partial charge in [0.1, 0.15) is 17.6 Å². The molecule has 0 bridgehead atoms. The summed E-state index contributed by atoms with van der Waals surface area (Å²) in [6.07, 6.45) is 1.52. The molecule has 2 aliphatic heterocycles. The van der Waals surface area contributed by atoms with Crippen LogP contribution in [0.25, 0.3) is 0 Å². The van der Waals surface area contributed by atoms with Gasteiger partial charge in [0, 0.05) is 44.6 Å². The second kappa shape index (κ2) is 10.3. The first kappa shape index (κ1) is 21.2. The van der Waals surface area contributed by atoms with Crippen LogP contribution in [-0.4, -0.2) is 73.7 Å². The van der Waals surface area contributed by atoms with Crippen molar-refractivity contribution in [3.63, 3.8) is 0 Å². The molecule has 2 aliphatic rings. The molecule has 2 heterocycles. The van der Waals surface area contributed by atoms with E-state index in [-0.39, 0.29) is 24.5 Å². The average molecular weight is 424 g/mol. The Morgan fingerprint density at radius 1 is 0.871 bits per heavy atom. The number of benzene rings is 2. The van der Waals surface area contributed by atoms with Crippen LogP contribution in [0, 0.1) is 0 Å². The molecule has 2 amide bonds. The highest BCUT2D eigenvalue weighted by Crippen LogP contribution is 2.21. The summed E-state index contributed by atoms with van der Waals surface area (Å²) in [7, 11) is 0. The van der Waals surface area contributed by atoms with Gasteiger partial charge < -0.3 is 24.0 Å². The molecule has 0 radical (unpaired) electrons. The molecule has 164 valence electrons. The molecule has 0 unspecified atom stereocenters. The topological polar surface area (TPSA) is 68.3 Å². The van der Waals surface area contributed by atoms with Gasteiger partial charge in [-0.05, 0) is 30.3 Å². The van der Waals surface area contributed by atoms with E-state index in [9.17, 15) is 9.59 Å². The maximum Gasteiger partial charge on any atom is 0.260 e. The van der Waals surface area contributed by atoms with Crippen molar-refractivity contribution in [2.24, 2.45) is 0 Å². The molecule has 0 spiro atoms. The number of rotatable bonds is 6. The Labute approximate surface area is 182 Å². The van der Waals surface area contributed by atoms with E-state index in [1.165, 1.54) is 0 Å². The maximum atomic E-state index is 12.7. The van der Waals surface area contributed by atoms with E-state index < -0.39 is 0 Å². The molecule has 31 heavy (non-hydrogen) atoms. The van der Waals surface area contributed by atoms with Crippen LogP contribution in [0.1, 0.15) is 23.2 Å². The third-order valence-electron chi connectivity index (χ3n) is 5.58. The van der Waals surface area contributed by atoms with E-state index >= 15 is 0 Å². The summed E-state index contributed by atoms with van der Waals surface area (Å²) in [6.45, 7) is 3.70. The molecule has 0 aliphatic carbocycles. The number of carbonyl (C=O) groups is 2. The number of carbonyl (C=O) groups excluding carboxylic acids is 2. The molecule has 2 aromatic rings. The molecule has 0 saturated carbocycles. The summed E-state index contributed by atoms with van der Waals surface area (Å²) in [5.41, 5.74) is 0.630. The molecular weight excluding hydrogens is 396 g/mol. The third kappa shape index (κ3) is 5.76. The van der Waals surface area contributed by atoms with Gasteiger partial charge in [-0.2, -0.15) is 0 Å². The predicted octanol–water partition coefficient (Wildman–Crippen LogP) is 2.61. The first-order valence-electron chi connectivity index (χ1n) is 10.8. The minimum atomic E-state index is -0.0135. The van der Waals surface area contributed by atoms with Crippen molar-refractivity contribution in [1.82, 2.24) is 9.80 Å². The minimum Gasteiger partial charge on any atom is -0.490 e. The smallest absolute Gasteiger partial charge is 0.260 e. The van der Waals surface area contributed by atoms with Crippen LogP contribution in [0.15, 0.2) is 54.6 Å². The molecule has 7 heteroatoms. The van der Waals surface area contributed by atoms with E-state index in [2.05, 4.69) is 0 Å². The Bertz CT molecular complexity index is 875. The van der Waals surface area contributed by atoms with Crippen LogP contribution in [0.4, 0.5) is 0 Å². The Morgan fingerprint density at radius 3 is 2.32 bits per heavy atom. The molecule has 7 nitrogen and oxygen atoms in total. The standard InChI is InChI=1S/C24H28N2O5/c27-23(18-30-20-6-2-1-3-7-20)25-11-9-21(10-12-25)31-22-8-4-5-19(17-22)24(28)26-13-15-29-16-14-26/h1-8,17,21H,9-16,18H2. The SMILES string of the molecule is O=C(COc1ccccc1)N1CCC(Oc2cccc(C(=O)N3CCOCC3)c2)CC1. The lowest BCUT2D eigenvalue weighted by Crippen LogP contribution is -2.43. The monoisotopic (exact) mass is 424 g/mol. The Morgan fingerprint density at radius 2 is 1.58 bits per heavy atom. The fourth-order valence-electron chi connectivity index (χ4n) is 3.82. The van der Waals surface area contributed by atoms with Gasteiger partial charge in [0.05, 0.1) is 13.2 Å². The van der Waals surface area contributed by atoms with Crippen molar-refractivity contribution in [3.8, 4) is 11.5 Å². The third-order valence-corrected chi connectivity index (χ3v) is 5.58. The van der Waals surface area contributed by atoms with E-state index in [4.69, 9.17) is 14.2 Å². The van der Waals surface area contributed by atoms with E-state index in [1.54, 1.807) is 0 Å². The molecule has 0 aromatic heterocycles. The number of ether oxygens (including phenoxy) is 3.